The van der Waals surface area contributed by atoms with Gasteiger partial charge in [-0.05, 0) is 68.9 Å². The van der Waals surface area contributed by atoms with Crippen LogP contribution in [0.2, 0.25) is 0 Å². The number of amides is 1. The third-order valence-electron chi connectivity index (χ3n) is 6.45. The highest BCUT2D eigenvalue weighted by atomic mass is 16.5. The molecule has 0 saturated carbocycles. The number of carbonyl (C=O) groups excluding carboxylic acids is 1. The van der Waals surface area contributed by atoms with Gasteiger partial charge >= 0.3 is 0 Å². The summed E-state index contributed by atoms with van der Waals surface area (Å²) in [5.74, 6) is 2.24. The number of hydrogen-bond donors (Lipinski definition) is 0. The predicted molar refractivity (Wildman–Crippen MR) is 124 cm³/mol. The number of aryl methyl sites for hydroxylation is 2. The lowest BCUT2D eigenvalue weighted by molar-refractivity contribution is -0.131. The molecule has 1 saturated heterocycles. The van der Waals surface area contributed by atoms with Crippen molar-refractivity contribution in [3.63, 3.8) is 0 Å². The van der Waals surface area contributed by atoms with Crippen LogP contribution in [-0.4, -0.2) is 33.5 Å². The molecule has 1 fully saturated rings. The van der Waals surface area contributed by atoms with Crippen molar-refractivity contribution in [3.8, 4) is 5.75 Å². The standard InChI is InChI=1S/C26H33N3O2/c1-4-25(30)28-17-10-14-23(28)26-27-21-12-5-6-13-22(21)29(26)16-7-8-18-31-24-15-9-11-19(2)20(24)3/h5-6,9,11-13,15,23H,4,7-8,10,14,16-18H2,1-3H3/t23-/m0/s1. The molecule has 0 unspecified atom stereocenters. The summed E-state index contributed by atoms with van der Waals surface area (Å²) in [4.78, 5) is 19.5. The van der Waals surface area contributed by atoms with Crippen LogP contribution in [-0.2, 0) is 11.3 Å². The lowest BCUT2D eigenvalue weighted by atomic mass is 10.1. The summed E-state index contributed by atoms with van der Waals surface area (Å²) in [6.45, 7) is 8.59. The number of rotatable bonds is 8. The Morgan fingerprint density at radius 3 is 2.81 bits per heavy atom. The molecule has 2 aromatic carbocycles. The Morgan fingerprint density at radius 1 is 1.13 bits per heavy atom. The van der Waals surface area contributed by atoms with Gasteiger partial charge in [-0.25, -0.2) is 4.98 Å². The highest BCUT2D eigenvalue weighted by Crippen LogP contribution is 2.34. The minimum atomic E-state index is 0.0889. The fourth-order valence-corrected chi connectivity index (χ4v) is 4.55. The van der Waals surface area contributed by atoms with Crippen LogP contribution in [0.15, 0.2) is 42.5 Å². The number of para-hydroxylation sites is 2. The van der Waals surface area contributed by atoms with Gasteiger partial charge in [0.25, 0.3) is 0 Å². The van der Waals surface area contributed by atoms with Crippen molar-refractivity contribution in [2.75, 3.05) is 13.2 Å². The molecule has 4 rings (SSSR count). The van der Waals surface area contributed by atoms with Crippen molar-refractivity contribution in [1.82, 2.24) is 14.5 Å². The minimum Gasteiger partial charge on any atom is -0.493 e. The highest BCUT2D eigenvalue weighted by molar-refractivity contribution is 5.78. The number of nitrogens with zero attached hydrogens (tertiary/aromatic N) is 3. The van der Waals surface area contributed by atoms with Crippen LogP contribution in [0.4, 0.5) is 0 Å². The van der Waals surface area contributed by atoms with Crippen LogP contribution >= 0.6 is 0 Å². The van der Waals surface area contributed by atoms with Gasteiger partial charge in [-0.3, -0.25) is 4.79 Å². The van der Waals surface area contributed by atoms with E-state index in [0.29, 0.717) is 13.0 Å². The van der Waals surface area contributed by atoms with Gasteiger partial charge in [0.1, 0.15) is 11.6 Å². The smallest absolute Gasteiger partial charge is 0.222 e. The second-order valence-corrected chi connectivity index (χ2v) is 8.46. The molecule has 1 atom stereocenters. The van der Waals surface area contributed by atoms with Gasteiger partial charge in [0.15, 0.2) is 0 Å². The Bertz CT molecular complexity index is 1060. The maximum absolute atomic E-state index is 12.5. The van der Waals surface area contributed by atoms with Gasteiger partial charge in [-0.15, -0.1) is 0 Å². The molecule has 1 aliphatic rings. The van der Waals surface area contributed by atoms with E-state index in [1.807, 2.05) is 30.0 Å². The summed E-state index contributed by atoms with van der Waals surface area (Å²) in [7, 11) is 0. The maximum atomic E-state index is 12.5. The van der Waals surface area contributed by atoms with E-state index >= 15 is 0 Å². The fourth-order valence-electron chi connectivity index (χ4n) is 4.55. The Kier molecular flexibility index (Phi) is 6.59. The summed E-state index contributed by atoms with van der Waals surface area (Å²) in [6, 6.07) is 14.6. The quantitative estimate of drug-likeness (QED) is 0.448. The topological polar surface area (TPSA) is 47.4 Å². The van der Waals surface area contributed by atoms with E-state index in [1.165, 1.54) is 11.1 Å². The first kappa shape index (κ1) is 21.4. The fraction of sp³-hybridized carbons (Fsp3) is 0.462. The molecular formula is C26H33N3O2. The Hall–Kier alpha value is -2.82. The Morgan fingerprint density at radius 2 is 1.97 bits per heavy atom. The van der Waals surface area contributed by atoms with Crippen molar-refractivity contribution < 1.29 is 9.53 Å². The third kappa shape index (κ3) is 4.46. The van der Waals surface area contributed by atoms with Gasteiger partial charge in [0.2, 0.25) is 5.91 Å². The van der Waals surface area contributed by atoms with Gasteiger partial charge < -0.3 is 14.2 Å². The molecule has 2 heterocycles. The predicted octanol–water partition coefficient (Wildman–Crippen LogP) is 5.59. The number of likely N-dealkylation sites (tertiary alicyclic amines) is 1. The zero-order chi connectivity index (χ0) is 21.8. The van der Waals surface area contributed by atoms with E-state index in [9.17, 15) is 4.79 Å². The molecule has 0 radical (unpaired) electrons. The van der Waals surface area contributed by atoms with Crippen molar-refractivity contribution in [3.05, 3.63) is 59.4 Å². The van der Waals surface area contributed by atoms with Crippen LogP contribution in [0.1, 0.15) is 62.0 Å². The molecule has 5 heteroatoms. The van der Waals surface area contributed by atoms with E-state index in [4.69, 9.17) is 9.72 Å². The molecule has 1 aromatic heterocycles. The number of unbranched alkanes of at least 4 members (excludes halogenated alkanes) is 1. The first-order valence-corrected chi connectivity index (χ1v) is 11.5. The number of fused-ring (bicyclic) bond motifs is 1. The molecule has 0 spiro atoms. The second-order valence-electron chi connectivity index (χ2n) is 8.46. The van der Waals surface area contributed by atoms with E-state index in [-0.39, 0.29) is 11.9 Å². The average Bonchev–Trinajstić information content (AvgIpc) is 3.40. The molecule has 31 heavy (non-hydrogen) atoms. The number of carbonyl (C=O) groups is 1. The summed E-state index contributed by atoms with van der Waals surface area (Å²) < 4.78 is 8.37. The van der Waals surface area contributed by atoms with Crippen molar-refractivity contribution in [2.45, 2.75) is 65.5 Å². The summed E-state index contributed by atoms with van der Waals surface area (Å²) >= 11 is 0. The van der Waals surface area contributed by atoms with Crippen LogP contribution in [0.5, 0.6) is 5.75 Å². The first-order valence-electron chi connectivity index (χ1n) is 11.5. The van der Waals surface area contributed by atoms with E-state index in [2.05, 4.69) is 42.7 Å². The number of ether oxygens (including phenoxy) is 1. The minimum absolute atomic E-state index is 0.0889. The van der Waals surface area contributed by atoms with E-state index in [0.717, 1.165) is 61.4 Å². The Balaban J connectivity index is 1.46. The van der Waals surface area contributed by atoms with E-state index < -0.39 is 0 Å². The lowest BCUT2D eigenvalue weighted by Crippen LogP contribution is -2.31. The SMILES string of the molecule is CCC(=O)N1CCC[C@H]1c1nc2ccccc2n1CCCCOc1cccc(C)c1C. The molecular weight excluding hydrogens is 386 g/mol. The Labute approximate surface area is 185 Å². The summed E-state index contributed by atoms with van der Waals surface area (Å²) in [5, 5.41) is 0. The number of hydrogen-bond acceptors (Lipinski definition) is 3. The summed E-state index contributed by atoms with van der Waals surface area (Å²) in [5.41, 5.74) is 4.64. The van der Waals surface area contributed by atoms with Gasteiger partial charge in [-0.2, -0.15) is 0 Å². The molecule has 1 amide bonds. The van der Waals surface area contributed by atoms with Gasteiger partial charge in [0.05, 0.1) is 23.7 Å². The van der Waals surface area contributed by atoms with E-state index in [1.54, 1.807) is 0 Å². The molecule has 5 nitrogen and oxygen atoms in total. The normalized spacial score (nSPS) is 16.2. The highest BCUT2D eigenvalue weighted by Gasteiger charge is 2.32. The molecule has 3 aromatic rings. The van der Waals surface area contributed by atoms with Crippen LogP contribution in [0.25, 0.3) is 11.0 Å². The molecule has 164 valence electrons. The summed E-state index contributed by atoms with van der Waals surface area (Å²) in [6.07, 6.45) is 4.56. The molecule has 1 aliphatic heterocycles. The lowest BCUT2D eigenvalue weighted by Gasteiger charge is -2.25. The third-order valence-corrected chi connectivity index (χ3v) is 6.45. The first-order chi connectivity index (χ1) is 15.1. The van der Waals surface area contributed by atoms with Crippen molar-refractivity contribution >= 4 is 16.9 Å². The largest absolute Gasteiger partial charge is 0.493 e. The van der Waals surface area contributed by atoms with Crippen molar-refractivity contribution in [2.24, 2.45) is 0 Å². The van der Waals surface area contributed by atoms with Crippen LogP contribution < -0.4 is 4.74 Å². The zero-order valence-corrected chi connectivity index (χ0v) is 18.9. The van der Waals surface area contributed by atoms with Crippen molar-refractivity contribution in [1.29, 1.82) is 0 Å². The van der Waals surface area contributed by atoms with Crippen LogP contribution in [0.3, 0.4) is 0 Å². The second kappa shape index (κ2) is 9.54. The number of benzene rings is 2. The average molecular weight is 420 g/mol. The number of imidazole rings is 1. The molecule has 0 aliphatic carbocycles. The van der Waals surface area contributed by atoms with Gasteiger partial charge in [0, 0.05) is 19.5 Å². The molecule has 0 bridgehead atoms. The molecule has 0 N–H and O–H groups in total. The zero-order valence-electron chi connectivity index (χ0n) is 18.9. The number of aromatic nitrogens is 2. The monoisotopic (exact) mass is 419 g/mol. The van der Waals surface area contributed by atoms with Gasteiger partial charge in [-0.1, -0.05) is 31.2 Å². The maximum Gasteiger partial charge on any atom is 0.222 e. The van der Waals surface area contributed by atoms with Crippen LogP contribution in [0, 0.1) is 13.8 Å².